The number of benzene rings is 2. The van der Waals surface area contributed by atoms with Crippen molar-refractivity contribution in [2.75, 3.05) is 18.9 Å². The fourth-order valence-corrected chi connectivity index (χ4v) is 2.59. The van der Waals surface area contributed by atoms with Gasteiger partial charge in [-0.3, -0.25) is 19.8 Å². The van der Waals surface area contributed by atoms with E-state index in [1.807, 2.05) is 0 Å². The number of nitrogens with one attached hydrogen (secondary N) is 1. The second kappa shape index (κ2) is 7.98. The van der Waals surface area contributed by atoms with Crippen LogP contribution in [-0.2, 0) is 11.3 Å². The molecule has 0 aliphatic carbocycles. The molecule has 1 N–H and O–H groups in total. The van der Waals surface area contributed by atoms with Crippen LogP contribution in [0.5, 0.6) is 0 Å². The van der Waals surface area contributed by atoms with Crippen LogP contribution < -0.4 is 5.32 Å². The number of rotatable bonds is 6. The monoisotopic (exact) mass is 395 g/mol. The Bertz CT molecular complexity index is 770. The van der Waals surface area contributed by atoms with Crippen molar-refractivity contribution < 1.29 is 14.1 Å². The number of amides is 1. The van der Waals surface area contributed by atoms with Crippen LogP contribution >= 0.6 is 15.9 Å². The molecule has 0 bridgehead atoms. The number of non-ortho nitro benzene ring substituents is 1. The Balaban J connectivity index is 1.95. The molecule has 0 saturated heterocycles. The first-order chi connectivity index (χ1) is 11.4. The van der Waals surface area contributed by atoms with Crippen LogP contribution in [0.3, 0.4) is 0 Å². The number of nitrogens with zero attached hydrogens (tertiary/aromatic N) is 2. The highest BCUT2D eigenvalue weighted by atomic mass is 79.9. The molecule has 0 fully saturated rings. The van der Waals surface area contributed by atoms with Crippen LogP contribution in [0.25, 0.3) is 0 Å². The molecule has 6 nitrogen and oxygen atoms in total. The molecule has 2 aromatic carbocycles. The third-order valence-electron chi connectivity index (χ3n) is 3.25. The number of anilines is 1. The fourth-order valence-electron chi connectivity index (χ4n) is 2.13. The maximum atomic E-state index is 13.6. The SMILES string of the molecule is CN(CC(=O)Nc1ccc([N+](=O)[O-])cc1Br)Cc1ccccc1F. The maximum absolute atomic E-state index is 13.6. The summed E-state index contributed by atoms with van der Waals surface area (Å²) in [6.07, 6.45) is 0. The van der Waals surface area contributed by atoms with Crippen molar-refractivity contribution in [3.8, 4) is 0 Å². The number of carbonyl (C=O) groups is 1. The van der Waals surface area contributed by atoms with E-state index in [0.717, 1.165) is 0 Å². The number of nitro groups is 1. The largest absolute Gasteiger partial charge is 0.324 e. The summed E-state index contributed by atoms with van der Waals surface area (Å²) in [5, 5.41) is 13.4. The molecule has 0 unspecified atom stereocenters. The Morgan fingerprint density at radius 2 is 2.04 bits per heavy atom. The molecule has 0 aliphatic rings. The molecule has 0 saturated carbocycles. The van der Waals surface area contributed by atoms with Gasteiger partial charge in [-0.05, 0) is 35.1 Å². The van der Waals surface area contributed by atoms with Gasteiger partial charge < -0.3 is 5.32 Å². The minimum Gasteiger partial charge on any atom is -0.324 e. The van der Waals surface area contributed by atoms with Gasteiger partial charge in [0.1, 0.15) is 5.82 Å². The number of hydrogen-bond donors (Lipinski definition) is 1. The van der Waals surface area contributed by atoms with Crippen molar-refractivity contribution in [3.05, 3.63) is 68.4 Å². The summed E-state index contributed by atoms with van der Waals surface area (Å²) in [5.41, 5.74) is 0.866. The number of likely N-dealkylation sites (N-methyl/N-ethyl adjacent to an activating group) is 1. The maximum Gasteiger partial charge on any atom is 0.270 e. The van der Waals surface area contributed by atoms with Gasteiger partial charge in [0.15, 0.2) is 0 Å². The van der Waals surface area contributed by atoms with Crippen LogP contribution in [0, 0.1) is 15.9 Å². The Hall–Kier alpha value is -2.32. The zero-order valence-electron chi connectivity index (χ0n) is 12.8. The van der Waals surface area contributed by atoms with Crippen LogP contribution in [-0.4, -0.2) is 29.3 Å². The van der Waals surface area contributed by atoms with E-state index >= 15 is 0 Å². The fraction of sp³-hybridized carbons (Fsp3) is 0.188. The van der Waals surface area contributed by atoms with Crippen LogP contribution in [0.2, 0.25) is 0 Å². The molecule has 2 rings (SSSR count). The summed E-state index contributed by atoms with van der Waals surface area (Å²) in [7, 11) is 1.71. The van der Waals surface area contributed by atoms with E-state index in [0.29, 0.717) is 22.3 Å². The van der Waals surface area contributed by atoms with E-state index in [9.17, 15) is 19.3 Å². The van der Waals surface area contributed by atoms with Crippen LogP contribution in [0.15, 0.2) is 46.9 Å². The molecule has 0 radical (unpaired) electrons. The molecule has 0 aliphatic heterocycles. The molecule has 2 aromatic rings. The van der Waals surface area contributed by atoms with Crippen LogP contribution in [0.1, 0.15) is 5.56 Å². The summed E-state index contributed by atoms with van der Waals surface area (Å²) in [6, 6.07) is 10.5. The first kappa shape index (κ1) is 18.0. The smallest absolute Gasteiger partial charge is 0.270 e. The van der Waals surface area contributed by atoms with Gasteiger partial charge in [-0.25, -0.2) is 4.39 Å². The third kappa shape index (κ3) is 4.84. The number of carbonyl (C=O) groups excluding carboxylic acids is 1. The number of halogens is 2. The van der Waals surface area contributed by atoms with E-state index in [1.54, 1.807) is 30.1 Å². The van der Waals surface area contributed by atoms with Gasteiger partial charge in [0.2, 0.25) is 5.91 Å². The van der Waals surface area contributed by atoms with Crippen molar-refractivity contribution in [3.63, 3.8) is 0 Å². The van der Waals surface area contributed by atoms with Gasteiger partial charge in [-0.15, -0.1) is 0 Å². The second-order valence-corrected chi connectivity index (χ2v) is 6.09. The van der Waals surface area contributed by atoms with E-state index in [4.69, 9.17) is 0 Å². The second-order valence-electron chi connectivity index (χ2n) is 5.23. The summed E-state index contributed by atoms with van der Waals surface area (Å²) >= 11 is 3.19. The highest BCUT2D eigenvalue weighted by Gasteiger charge is 2.13. The van der Waals surface area contributed by atoms with Gasteiger partial charge >= 0.3 is 0 Å². The molecule has 0 heterocycles. The van der Waals surface area contributed by atoms with Gasteiger partial charge in [0.05, 0.1) is 17.2 Å². The minimum atomic E-state index is -0.515. The Kier molecular flexibility index (Phi) is 5.99. The summed E-state index contributed by atoms with van der Waals surface area (Å²) in [5.74, 6) is -0.619. The topological polar surface area (TPSA) is 75.5 Å². The lowest BCUT2D eigenvalue weighted by Crippen LogP contribution is -2.30. The summed E-state index contributed by atoms with van der Waals surface area (Å²) in [4.78, 5) is 23.9. The first-order valence-corrected chi connectivity index (χ1v) is 7.82. The van der Waals surface area contributed by atoms with Crippen molar-refractivity contribution >= 4 is 33.2 Å². The predicted octanol–water partition coefficient (Wildman–Crippen LogP) is 3.57. The normalized spacial score (nSPS) is 10.7. The van der Waals surface area contributed by atoms with Crippen molar-refractivity contribution in [1.29, 1.82) is 0 Å². The van der Waals surface area contributed by atoms with Gasteiger partial charge in [0.25, 0.3) is 5.69 Å². The van der Waals surface area contributed by atoms with E-state index in [-0.39, 0.29) is 24.0 Å². The Morgan fingerprint density at radius 3 is 2.67 bits per heavy atom. The minimum absolute atomic E-state index is 0.0533. The molecule has 0 spiro atoms. The molecule has 126 valence electrons. The van der Waals surface area contributed by atoms with Gasteiger partial charge in [-0.2, -0.15) is 0 Å². The van der Waals surface area contributed by atoms with Crippen LogP contribution in [0.4, 0.5) is 15.8 Å². The van der Waals surface area contributed by atoms with Gasteiger partial charge in [-0.1, -0.05) is 18.2 Å². The average Bonchev–Trinajstić information content (AvgIpc) is 2.51. The molecule has 0 aromatic heterocycles. The van der Waals surface area contributed by atoms with E-state index in [1.165, 1.54) is 24.3 Å². The van der Waals surface area contributed by atoms with Crippen molar-refractivity contribution in [1.82, 2.24) is 4.90 Å². The summed E-state index contributed by atoms with van der Waals surface area (Å²) < 4.78 is 14.0. The van der Waals surface area contributed by atoms with Crippen molar-refractivity contribution in [2.24, 2.45) is 0 Å². The Morgan fingerprint density at radius 1 is 1.33 bits per heavy atom. The highest BCUT2D eigenvalue weighted by Crippen LogP contribution is 2.27. The van der Waals surface area contributed by atoms with Crippen molar-refractivity contribution in [2.45, 2.75) is 6.54 Å². The number of hydrogen-bond acceptors (Lipinski definition) is 4. The molecular weight excluding hydrogens is 381 g/mol. The van der Waals surface area contributed by atoms with E-state index in [2.05, 4.69) is 21.2 Å². The molecule has 0 atom stereocenters. The zero-order valence-corrected chi connectivity index (χ0v) is 14.4. The molecule has 24 heavy (non-hydrogen) atoms. The highest BCUT2D eigenvalue weighted by molar-refractivity contribution is 9.10. The summed E-state index contributed by atoms with van der Waals surface area (Å²) in [6.45, 7) is 0.347. The molecule has 1 amide bonds. The number of nitro benzene ring substituents is 1. The lowest BCUT2D eigenvalue weighted by atomic mass is 10.2. The lowest BCUT2D eigenvalue weighted by molar-refractivity contribution is -0.384. The third-order valence-corrected chi connectivity index (χ3v) is 3.91. The molecule has 8 heteroatoms. The average molecular weight is 396 g/mol. The molecular formula is C16H15BrFN3O3. The van der Waals surface area contributed by atoms with Gasteiger partial charge in [0, 0.05) is 28.7 Å². The lowest BCUT2D eigenvalue weighted by Gasteiger charge is -2.17. The van der Waals surface area contributed by atoms with E-state index < -0.39 is 4.92 Å². The zero-order chi connectivity index (χ0) is 17.7. The Labute approximate surface area is 146 Å². The predicted molar refractivity (Wildman–Crippen MR) is 92.2 cm³/mol. The standard InChI is InChI=1S/C16H15BrFN3O3/c1-20(9-11-4-2-3-5-14(11)18)10-16(22)19-15-7-6-12(21(23)24)8-13(15)17/h2-8H,9-10H2,1H3,(H,19,22). The first-order valence-electron chi connectivity index (χ1n) is 7.02. The quantitative estimate of drug-likeness (QED) is 0.599.